The molecule has 0 aliphatic heterocycles. The van der Waals surface area contributed by atoms with Crippen LogP contribution >= 0.6 is 0 Å². The fourth-order valence-corrected chi connectivity index (χ4v) is 2.30. The van der Waals surface area contributed by atoms with E-state index in [-0.39, 0.29) is 10.8 Å². The lowest BCUT2D eigenvalue weighted by atomic mass is 10.1. The minimum atomic E-state index is -2.60. The molecule has 0 fully saturated rings. The van der Waals surface area contributed by atoms with Crippen LogP contribution in [0.1, 0.15) is 30.6 Å². The number of nitrogens with one attached hydrogen (secondary N) is 1. The minimum Gasteiger partial charge on any atom is -0.439 e. The summed E-state index contributed by atoms with van der Waals surface area (Å²) in [5.41, 5.74) is 0.463. The summed E-state index contributed by atoms with van der Waals surface area (Å²) in [5.74, 6) is 1.16. The third-order valence-corrected chi connectivity index (χ3v) is 4.00. The molecule has 24 heavy (non-hydrogen) atoms. The number of benzene rings is 1. The zero-order chi connectivity index (χ0) is 17.5. The van der Waals surface area contributed by atoms with Gasteiger partial charge < -0.3 is 10.1 Å². The number of pyridine rings is 1. The van der Waals surface area contributed by atoms with Crippen LogP contribution in [-0.4, -0.2) is 25.9 Å². The Morgan fingerprint density at radius 1 is 1.17 bits per heavy atom. The van der Waals surface area contributed by atoms with Crippen LogP contribution in [0.25, 0.3) is 0 Å². The maximum absolute atomic E-state index is 11.9. The highest BCUT2D eigenvalue weighted by Gasteiger charge is 2.07. The third-order valence-electron chi connectivity index (χ3n) is 3.28. The van der Waals surface area contributed by atoms with E-state index in [1.54, 1.807) is 24.3 Å². The molecular weight excluding hydrogens is 328 g/mol. The summed E-state index contributed by atoms with van der Waals surface area (Å²) < 4.78 is 27.2. The standard InChI is InChI=1S/C17H20N2O4S/c1-12(2)9-10-18-17(20)13-3-8-16(19-11-13)23-14-4-6-15(7-5-14)24(21)22/h3-8,11-12,24H,9-10H2,1-2H3,(H,18,20). The van der Waals surface area contributed by atoms with E-state index in [4.69, 9.17) is 4.74 Å². The number of carbonyl (C=O) groups is 1. The third kappa shape index (κ3) is 5.34. The average Bonchev–Trinajstić information content (AvgIpc) is 2.55. The molecule has 6 nitrogen and oxygen atoms in total. The Hall–Kier alpha value is -2.41. The quantitative estimate of drug-likeness (QED) is 0.751. The molecule has 0 atom stereocenters. The molecule has 1 aromatic heterocycles. The highest BCUT2D eigenvalue weighted by molar-refractivity contribution is 7.72. The topological polar surface area (TPSA) is 85.4 Å². The van der Waals surface area contributed by atoms with E-state index < -0.39 is 10.7 Å². The summed E-state index contributed by atoms with van der Waals surface area (Å²) in [6.07, 6.45) is 2.37. The molecule has 2 rings (SSSR count). The van der Waals surface area contributed by atoms with Crippen LogP contribution in [0, 0.1) is 5.92 Å². The van der Waals surface area contributed by atoms with Gasteiger partial charge in [0.2, 0.25) is 5.88 Å². The number of thiol groups is 1. The summed E-state index contributed by atoms with van der Waals surface area (Å²) in [4.78, 5) is 16.3. The highest BCUT2D eigenvalue weighted by atomic mass is 32.2. The molecule has 0 aliphatic carbocycles. The van der Waals surface area contributed by atoms with Gasteiger partial charge in [-0.25, -0.2) is 13.4 Å². The van der Waals surface area contributed by atoms with Crippen LogP contribution in [0.4, 0.5) is 0 Å². The first kappa shape index (κ1) is 17.9. The SMILES string of the molecule is CC(C)CCNC(=O)c1ccc(Oc2ccc([SH](=O)=O)cc2)nc1. The highest BCUT2D eigenvalue weighted by Crippen LogP contribution is 2.20. The average molecular weight is 348 g/mol. The van der Waals surface area contributed by atoms with Gasteiger partial charge in [0.15, 0.2) is 10.7 Å². The monoisotopic (exact) mass is 348 g/mol. The number of carbonyl (C=O) groups excluding carboxylic acids is 1. The Kier molecular flexibility index (Phi) is 6.31. The number of hydrogen-bond donors (Lipinski definition) is 2. The normalized spacial score (nSPS) is 10.8. The van der Waals surface area contributed by atoms with Crippen LogP contribution in [0.3, 0.4) is 0 Å². The number of nitrogens with zero attached hydrogens (tertiary/aromatic N) is 1. The van der Waals surface area contributed by atoms with Gasteiger partial charge in [-0.1, -0.05) is 13.8 Å². The van der Waals surface area contributed by atoms with Gasteiger partial charge in [-0.3, -0.25) is 4.79 Å². The van der Waals surface area contributed by atoms with Crippen LogP contribution in [-0.2, 0) is 10.7 Å². The zero-order valence-corrected chi connectivity index (χ0v) is 14.5. The Morgan fingerprint density at radius 2 is 1.88 bits per heavy atom. The van der Waals surface area contributed by atoms with Gasteiger partial charge in [-0.15, -0.1) is 0 Å². The van der Waals surface area contributed by atoms with Gasteiger partial charge in [0.1, 0.15) is 5.75 Å². The molecule has 128 valence electrons. The second kappa shape index (κ2) is 8.44. The molecule has 1 aromatic carbocycles. The largest absolute Gasteiger partial charge is 0.439 e. The fourth-order valence-electron chi connectivity index (χ4n) is 1.91. The summed E-state index contributed by atoms with van der Waals surface area (Å²) in [6.45, 7) is 4.83. The second-order valence-corrected chi connectivity index (χ2v) is 6.71. The van der Waals surface area contributed by atoms with E-state index in [1.165, 1.54) is 18.3 Å². The number of hydrogen-bond acceptors (Lipinski definition) is 5. The van der Waals surface area contributed by atoms with E-state index >= 15 is 0 Å². The molecule has 0 unspecified atom stereocenters. The van der Waals surface area contributed by atoms with Crippen molar-refractivity contribution in [3.63, 3.8) is 0 Å². The number of aromatic nitrogens is 1. The first-order valence-electron chi connectivity index (χ1n) is 7.62. The van der Waals surface area contributed by atoms with E-state index in [9.17, 15) is 13.2 Å². The summed E-state index contributed by atoms with van der Waals surface area (Å²) in [7, 11) is -2.60. The van der Waals surface area contributed by atoms with Crippen molar-refractivity contribution in [1.29, 1.82) is 0 Å². The first-order valence-corrected chi connectivity index (χ1v) is 8.80. The van der Waals surface area contributed by atoms with Crippen LogP contribution in [0.15, 0.2) is 47.5 Å². The predicted molar refractivity (Wildman–Crippen MR) is 91.1 cm³/mol. The Bertz CT molecular complexity index is 745. The van der Waals surface area contributed by atoms with Crippen LogP contribution < -0.4 is 10.1 Å². The fraction of sp³-hybridized carbons (Fsp3) is 0.294. The van der Waals surface area contributed by atoms with Crippen molar-refractivity contribution in [2.45, 2.75) is 25.2 Å². The zero-order valence-electron chi connectivity index (χ0n) is 13.6. The first-order chi connectivity index (χ1) is 11.5. The predicted octanol–water partition coefficient (Wildman–Crippen LogP) is 2.62. The van der Waals surface area contributed by atoms with Gasteiger partial charge in [-0.05, 0) is 42.7 Å². The molecule has 0 saturated heterocycles. The van der Waals surface area contributed by atoms with E-state index in [0.29, 0.717) is 29.7 Å². The molecule has 0 bridgehead atoms. The van der Waals surface area contributed by atoms with Crippen molar-refractivity contribution in [3.05, 3.63) is 48.2 Å². The summed E-state index contributed by atoms with van der Waals surface area (Å²) >= 11 is 0. The maximum atomic E-state index is 11.9. The number of rotatable bonds is 7. The molecule has 0 saturated carbocycles. The molecule has 0 aliphatic rings. The molecular formula is C17H20N2O4S. The van der Waals surface area contributed by atoms with E-state index in [0.717, 1.165) is 6.42 Å². The maximum Gasteiger partial charge on any atom is 0.252 e. The van der Waals surface area contributed by atoms with Gasteiger partial charge in [-0.2, -0.15) is 0 Å². The van der Waals surface area contributed by atoms with Gasteiger partial charge in [0.25, 0.3) is 5.91 Å². The van der Waals surface area contributed by atoms with Crippen molar-refractivity contribution in [2.24, 2.45) is 5.92 Å². The summed E-state index contributed by atoms with van der Waals surface area (Å²) in [5, 5.41) is 2.84. The van der Waals surface area contributed by atoms with Crippen molar-refractivity contribution in [1.82, 2.24) is 10.3 Å². The van der Waals surface area contributed by atoms with Gasteiger partial charge in [0.05, 0.1) is 10.5 Å². The van der Waals surface area contributed by atoms with Gasteiger partial charge >= 0.3 is 0 Å². The lowest BCUT2D eigenvalue weighted by Crippen LogP contribution is -2.25. The van der Waals surface area contributed by atoms with Crippen molar-refractivity contribution >= 4 is 16.6 Å². The molecule has 1 heterocycles. The van der Waals surface area contributed by atoms with Crippen LogP contribution in [0.5, 0.6) is 11.6 Å². The van der Waals surface area contributed by atoms with E-state index in [1.807, 2.05) is 0 Å². The molecule has 0 spiro atoms. The minimum absolute atomic E-state index is 0.168. The Balaban J connectivity index is 1.95. The number of amides is 1. The van der Waals surface area contributed by atoms with Crippen molar-refractivity contribution < 1.29 is 17.9 Å². The Morgan fingerprint density at radius 3 is 2.42 bits per heavy atom. The van der Waals surface area contributed by atoms with Crippen molar-refractivity contribution in [2.75, 3.05) is 6.54 Å². The van der Waals surface area contributed by atoms with Gasteiger partial charge in [0, 0.05) is 18.8 Å². The molecule has 2 aromatic rings. The molecule has 7 heteroatoms. The molecule has 0 radical (unpaired) electrons. The molecule has 1 N–H and O–H groups in total. The Labute approximate surface area is 142 Å². The van der Waals surface area contributed by atoms with E-state index in [2.05, 4.69) is 24.1 Å². The lowest BCUT2D eigenvalue weighted by Gasteiger charge is -2.08. The lowest BCUT2D eigenvalue weighted by molar-refractivity contribution is 0.0951. The smallest absolute Gasteiger partial charge is 0.252 e. The second-order valence-electron chi connectivity index (χ2n) is 5.68. The summed E-state index contributed by atoms with van der Waals surface area (Å²) in [6, 6.07) is 9.24. The molecule has 1 amide bonds. The van der Waals surface area contributed by atoms with Crippen molar-refractivity contribution in [3.8, 4) is 11.6 Å². The van der Waals surface area contributed by atoms with Crippen LogP contribution in [0.2, 0.25) is 0 Å². The number of ether oxygens (including phenoxy) is 1.